The second-order valence-electron chi connectivity index (χ2n) is 4.90. The van der Waals surface area contributed by atoms with Gasteiger partial charge in [-0.1, -0.05) is 31.2 Å². The Morgan fingerprint density at radius 1 is 1.09 bits per heavy atom. The summed E-state index contributed by atoms with van der Waals surface area (Å²) in [6.45, 7) is 6.38. The lowest BCUT2D eigenvalue weighted by molar-refractivity contribution is 0.587. The van der Waals surface area contributed by atoms with E-state index in [0.29, 0.717) is 6.54 Å². The van der Waals surface area contributed by atoms with E-state index in [1.165, 1.54) is 7.05 Å². The van der Waals surface area contributed by atoms with E-state index in [9.17, 15) is 8.42 Å². The van der Waals surface area contributed by atoms with Crippen molar-refractivity contribution in [3.8, 4) is 0 Å². The van der Waals surface area contributed by atoms with Crippen LogP contribution in [0, 0.1) is 0 Å². The molecule has 22 heavy (non-hydrogen) atoms. The Hall–Kier alpha value is -1.60. The summed E-state index contributed by atoms with van der Waals surface area (Å²) < 4.78 is 25.3. The van der Waals surface area contributed by atoms with E-state index in [2.05, 4.69) is 27.3 Å². The van der Waals surface area contributed by atoms with E-state index in [1.807, 2.05) is 31.2 Å². The maximum absolute atomic E-state index is 11.5. The van der Waals surface area contributed by atoms with Gasteiger partial charge in [0.2, 0.25) is 10.0 Å². The number of hydrogen-bond donors (Lipinski definition) is 3. The summed E-state index contributed by atoms with van der Waals surface area (Å²) in [5.74, 6) is 0.791. The van der Waals surface area contributed by atoms with Gasteiger partial charge in [0.1, 0.15) is 0 Å². The lowest BCUT2D eigenvalue weighted by atomic mass is 10.1. The second-order valence-corrected chi connectivity index (χ2v) is 6.83. The van der Waals surface area contributed by atoms with Gasteiger partial charge in [0.15, 0.2) is 5.96 Å². The van der Waals surface area contributed by atoms with Crippen LogP contribution in [0.15, 0.2) is 29.3 Å². The molecule has 6 nitrogen and oxygen atoms in total. The van der Waals surface area contributed by atoms with Gasteiger partial charge in [-0.3, -0.25) is 0 Å². The molecule has 124 valence electrons. The Balaban J connectivity index is 2.66. The fourth-order valence-corrected chi connectivity index (χ4v) is 2.56. The number of nitrogens with zero attached hydrogens (tertiary/aromatic N) is 1. The zero-order valence-electron chi connectivity index (χ0n) is 13.5. The molecule has 0 aliphatic heterocycles. The van der Waals surface area contributed by atoms with Crippen LogP contribution < -0.4 is 15.4 Å². The summed E-state index contributed by atoms with van der Waals surface area (Å²) in [6.07, 6.45) is 1.04. The van der Waals surface area contributed by atoms with Crippen molar-refractivity contribution >= 4 is 16.0 Å². The standard InChI is InChI=1S/C15H26N4O2S/c1-4-10-18-15(17-5-2)19-11-13-6-8-14(9-7-13)12-22(20,21)16-3/h6-9,16H,4-5,10-12H2,1-3H3,(H2,17,18,19). The topological polar surface area (TPSA) is 82.6 Å². The van der Waals surface area contributed by atoms with E-state index in [-0.39, 0.29) is 5.75 Å². The molecule has 7 heteroatoms. The highest BCUT2D eigenvalue weighted by Gasteiger charge is 2.08. The van der Waals surface area contributed by atoms with Crippen LogP contribution in [-0.2, 0) is 22.3 Å². The van der Waals surface area contributed by atoms with Crippen molar-refractivity contribution in [3.63, 3.8) is 0 Å². The Morgan fingerprint density at radius 2 is 1.73 bits per heavy atom. The van der Waals surface area contributed by atoms with Crippen molar-refractivity contribution in [1.29, 1.82) is 0 Å². The quantitative estimate of drug-likeness (QED) is 0.495. The van der Waals surface area contributed by atoms with Crippen molar-refractivity contribution in [1.82, 2.24) is 15.4 Å². The molecule has 0 aromatic heterocycles. The van der Waals surface area contributed by atoms with Gasteiger partial charge in [-0.15, -0.1) is 0 Å². The van der Waals surface area contributed by atoms with Crippen LogP contribution in [0.25, 0.3) is 0 Å². The molecule has 0 radical (unpaired) electrons. The lowest BCUT2D eigenvalue weighted by Crippen LogP contribution is -2.37. The normalized spacial score (nSPS) is 12.2. The van der Waals surface area contributed by atoms with Crippen LogP contribution in [0.2, 0.25) is 0 Å². The van der Waals surface area contributed by atoms with E-state index >= 15 is 0 Å². The maximum Gasteiger partial charge on any atom is 0.215 e. The first-order valence-corrected chi connectivity index (χ1v) is 9.17. The van der Waals surface area contributed by atoms with Crippen LogP contribution in [0.3, 0.4) is 0 Å². The molecule has 3 N–H and O–H groups in total. The van der Waals surface area contributed by atoms with E-state index in [1.54, 1.807) is 0 Å². The highest BCUT2D eigenvalue weighted by molar-refractivity contribution is 7.88. The predicted octanol–water partition coefficient (Wildman–Crippen LogP) is 1.20. The number of hydrogen-bond acceptors (Lipinski definition) is 3. The Morgan fingerprint density at radius 3 is 2.27 bits per heavy atom. The van der Waals surface area contributed by atoms with E-state index in [4.69, 9.17) is 0 Å². The number of rotatable bonds is 8. The van der Waals surface area contributed by atoms with Gasteiger partial charge in [-0.2, -0.15) is 0 Å². The highest BCUT2D eigenvalue weighted by atomic mass is 32.2. The summed E-state index contributed by atoms with van der Waals surface area (Å²) in [7, 11) is -1.81. The molecule has 0 atom stereocenters. The number of benzene rings is 1. The molecule has 0 saturated carbocycles. The minimum atomic E-state index is -3.23. The summed E-state index contributed by atoms with van der Waals surface area (Å²) >= 11 is 0. The fourth-order valence-electron chi connectivity index (χ4n) is 1.79. The van der Waals surface area contributed by atoms with Gasteiger partial charge in [0.05, 0.1) is 12.3 Å². The summed E-state index contributed by atoms with van der Waals surface area (Å²) in [4.78, 5) is 4.51. The zero-order chi connectivity index (χ0) is 16.4. The molecule has 0 saturated heterocycles. The molecule has 0 spiro atoms. The van der Waals surface area contributed by atoms with Crippen LogP contribution in [0.1, 0.15) is 31.4 Å². The molecular formula is C15H26N4O2S. The Kier molecular flexibility index (Phi) is 7.90. The van der Waals surface area contributed by atoms with Gasteiger partial charge in [-0.25, -0.2) is 18.1 Å². The minimum Gasteiger partial charge on any atom is -0.357 e. The molecule has 1 aromatic rings. The molecule has 1 aromatic carbocycles. The number of aliphatic imine (C=N–C) groups is 1. The molecule has 0 unspecified atom stereocenters. The van der Waals surface area contributed by atoms with Gasteiger partial charge < -0.3 is 10.6 Å². The largest absolute Gasteiger partial charge is 0.357 e. The summed E-state index contributed by atoms with van der Waals surface area (Å²) in [5, 5.41) is 6.43. The first-order chi connectivity index (χ1) is 10.5. The minimum absolute atomic E-state index is 0.00621. The van der Waals surface area contributed by atoms with E-state index < -0.39 is 10.0 Å². The fraction of sp³-hybridized carbons (Fsp3) is 0.533. The Labute approximate surface area is 133 Å². The monoisotopic (exact) mass is 326 g/mol. The van der Waals surface area contributed by atoms with E-state index in [0.717, 1.165) is 36.6 Å². The summed E-state index contributed by atoms with van der Waals surface area (Å²) in [5.41, 5.74) is 1.80. The SMILES string of the molecule is CCCNC(=NCc1ccc(CS(=O)(=O)NC)cc1)NCC. The highest BCUT2D eigenvalue weighted by Crippen LogP contribution is 2.08. The summed E-state index contributed by atoms with van der Waals surface area (Å²) in [6, 6.07) is 7.47. The van der Waals surface area contributed by atoms with Gasteiger partial charge in [0, 0.05) is 13.1 Å². The van der Waals surface area contributed by atoms with Crippen molar-refractivity contribution in [2.75, 3.05) is 20.1 Å². The van der Waals surface area contributed by atoms with Crippen LogP contribution in [-0.4, -0.2) is 34.5 Å². The molecule has 0 aliphatic rings. The van der Waals surface area contributed by atoms with Crippen molar-refractivity contribution < 1.29 is 8.42 Å². The third-order valence-electron chi connectivity index (χ3n) is 3.00. The van der Waals surface area contributed by atoms with Crippen LogP contribution in [0.4, 0.5) is 0 Å². The first-order valence-electron chi connectivity index (χ1n) is 7.52. The molecule has 0 amide bonds. The smallest absolute Gasteiger partial charge is 0.215 e. The molecular weight excluding hydrogens is 300 g/mol. The third kappa shape index (κ3) is 6.91. The predicted molar refractivity (Wildman–Crippen MR) is 91.2 cm³/mol. The van der Waals surface area contributed by atoms with Crippen molar-refractivity contribution in [3.05, 3.63) is 35.4 Å². The molecule has 0 heterocycles. The number of guanidine groups is 1. The maximum atomic E-state index is 11.5. The average Bonchev–Trinajstić information content (AvgIpc) is 2.51. The molecule has 0 fully saturated rings. The molecule has 0 aliphatic carbocycles. The Bertz CT molecular complexity index is 568. The molecule has 0 bridgehead atoms. The number of sulfonamides is 1. The van der Waals surface area contributed by atoms with Gasteiger partial charge in [-0.05, 0) is 31.5 Å². The van der Waals surface area contributed by atoms with Crippen LogP contribution in [0.5, 0.6) is 0 Å². The average molecular weight is 326 g/mol. The van der Waals surface area contributed by atoms with Crippen molar-refractivity contribution in [2.45, 2.75) is 32.6 Å². The van der Waals surface area contributed by atoms with Crippen LogP contribution >= 0.6 is 0 Å². The lowest BCUT2D eigenvalue weighted by Gasteiger charge is -2.10. The first kappa shape index (κ1) is 18.4. The van der Waals surface area contributed by atoms with Gasteiger partial charge >= 0.3 is 0 Å². The third-order valence-corrected chi connectivity index (χ3v) is 4.33. The second kappa shape index (κ2) is 9.42. The zero-order valence-corrected chi connectivity index (χ0v) is 14.3. The molecule has 1 rings (SSSR count). The number of nitrogens with one attached hydrogen (secondary N) is 3. The van der Waals surface area contributed by atoms with Crippen molar-refractivity contribution in [2.24, 2.45) is 4.99 Å². The van der Waals surface area contributed by atoms with Gasteiger partial charge in [0.25, 0.3) is 0 Å².